The first-order valence-corrected chi connectivity index (χ1v) is 8.37. The zero-order valence-corrected chi connectivity index (χ0v) is 13.7. The predicted octanol–water partition coefficient (Wildman–Crippen LogP) is 2.71. The number of aromatic nitrogens is 3. The Morgan fingerprint density at radius 1 is 1.08 bits per heavy atom. The summed E-state index contributed by atoms with van der Waals surface area (Å²) in [4.78, 5) is 18.3. The quantitative estimate of drug-likeness (QED) is 0.737. The highest BCUT2D eigenvalue weighted by Gasteiger charge is 2.25. The van der Waals surface area contributed by atoms with Gasteiger partial charge in [-0.05, 0) is 18.2 Å². The Morgan fingerprint density at radius 2 is 1.92 bits per heavy atom. The number of carbonyl (C=O) groups excluding carboxylic acids is 1. The summed E-state index contributed by atoms with van der Waals surface area (Å²) in [6.07, 6.45) is 6.60. The van der Waals surface area contributed by atoms with Gasteiger partial charge >= 0.3 is 0 Å². The number of benzene rings is 1. The van der Waals surface area contributed by atoms with Gasteiger partial charge in [0.1, 0.15) is 6.10 Å². The highest BCUT2D eigenvalue weighted by atomic mass is 16.5. The van der Waals surface area contributed by atoms with E-state index in [1.807, 2.05) is 29.2 Å². The predicted molar refractivity (Wildman–Crippen MR) is 93.3 cm³/mol. The Morgan fingerprint density at radius 3 is 2.72 bits per heavy atom. The first kappa shape index (κ1) is 15.5. The average Bonchev–Trinajstić information content (AvgIpc) is 2.69. The topological polar surface area (TPSA) is 68.2 Å². The highest BCUT2D eigenvalue weighted by Crippen LogP contribution is 2.25. The van der Waals surface area contributed by atoms with Gasteiger partial charge in [-0.15, -0.1) is 5.10 Å². The number of hydrogen-bond donors (Lipinski definition) is 0. The molecular weight excluding hydrogens is 316 g/mol. The fraction of sp³-hybridized carbons (Fsp3) is 0.263. The van der Waals surface area contributed by atoms with Crippen LogP contribution < -0.4 is 4.74 Å². The van der Waals surface area contributed by atoms with Gasteiger partial charge in [-0.3, -0.25) is 9.78 Å². The molecule has 1 saturated heterocycles. The second kappa shape index (κ2) is 6.84. The van der Waals surface area contributed by atoms with E-state index in [1.165, 1.54) is 0 Å². The molecule has 4 rings (SSSR count). The van der Waals surface area contributed by atoms with Crippen LogP contribution in [0.5, 0.6) is 5.88 Å². The van der Waals surface area contributed by atoms with Crippen molar-refractivity contribution in [1.29, 1.82) is 0 Å². The smallest absolute Gasteiger partial charge is 0.255 e. The third-order valence-electron chi connectivity index (χ3n) is 4.45. The van der Waals surface area contributed by atoms with Crippen LogP contribution in [0.2, 0.25) is 0 Å². The molecule has 1 fully saturated rings. The number of ether oxygens (including phenoxy) is 1. The van der Waals surface area contributed by atoms with Crippen LogP contribution in [0.4, 0.5) is 0 Å². The third kappa shape index (κ3) is 3.28. The van der Waals surface area contributed by atoms with Crippen molar-refractivity contribution in [2.24, 2.45) is 0 Å². The van der Waals surface area contributed by atoms with Crippen molar-refractivity contribution in [3.63, 3.8) is 0 Å². The maximum Gasteiger partial charge on any atom is 0.255 e. The van der Waals surface area contributed by atoms with Crippen LogP contribution >= 0.6 is 0 Å². The summed E-state index contributed by atoms with van der Waals surface area (Å²) in [7, 11) is 0. The van der Waals surface area contributed by atoms with E-state index in [0.717, 1.165) is 23.6 Å². The fourth-order valence-electron chi connectivity index (χ4n) is 3.10. The van der Waals surface area contributed by atoms with Gasteiger partial charge in [-0.2, -0.15) is 5.10 Å². The van der Waals surface area contributed by atoms with Gasteiger partial charge in [0.25, 0.3) is 5.91 Å². The molecule has 1 aromatic carbocycles. The lowest BCUT2D eigenvalue weighted by molar-refractivity contribution is 0.0588. The standard InChI is InChI=1S/C19H18N4O2/c24-19(15-5-3-9-20-12-15)23-10-7-16(8-11-23)25-18-17-6-2-1-4-14(17)13-21-22-18/h1-6,9,12-13,16H,7-8,10-11H2. The molecule has 25 heavy (non-hydrogen) atoms. The SMILES string of the molecule is O=C(c1cccnc1)N1CCC(Oc2nncc3ccccc23)CC1. The van der Waals surface area contributed by atoms with Crippen LogP contribution in [-0.2, 0) is 0 Å². The Balaban J connectivity index is 1.41. The molecule has 2 aromatic heterocycles. The number of amides is 1. The molecule has 0 unspecified atom stereocenters. The number of hydrogen-bond acceptors (Lipinski definition) is 5. The molecule has 3 heterocycles. The lowest BCUT2D eigenvalue weighted by Crippen LogP contribution is -2.41. The molecule has 6 nitrogen and oxygen atoms in total. The van der Waals surface area contributed by atoms with Crippen LogP contribution in [0.25, 0.3) is 10.8 Å². The van der Waals surface area contributed by atoms with E-state index in [9.17, 15) is 4.79 Å². The minimum atomic E-state index is 0.0245. The summed E-state index contributed by atoms with van der Waals surface area (Å²) < 4.78 is 6.08. The summed E-state index contributed by atoms with van der Waals surface area (Å²) in [6.45, 7) is 1.33. The molecule has 0 radical (unpaired) electrons. The largest absolute Gasteiger partial charge is 0.473 e. The number of nitrogens with zero attached hydrogens (tertiary/aromatic N) is 4. The lowest BCUT2D eigenvalue weighted by Gasteiger charge is -2.32. The second-order valence-corrected chi connectivity index (χ2v) is 6.09. The Kier molecular flexibility index (Phi) is 4.24. The summed E-state index contributed by atoms with van der Waals surface area (Å²) >= 11 is 0. The minimum absolute atomic E-state index is 0.0245. The zero-order chi connectivity index (χ0) is 17.1. The van der Waals surface area contributed by atoms with E-state index in [4.69, 9.17) is 4.74 Å². The van der Waals surface area contributed by atoms with Crippen LogP contribution in [-0.4, -0.2) is 45.2 Å². The van der Waals surface area contributed by atoms with Crippen molar-refractivity contribution < 1.29 is 9.53 Å². The molecular formula is C19H18N4O2. The Bertz CT molecular complexity index is 871. The number of pyridine rings is 1. The number of fused-ring (bicyclic) bond motifs is 1. The molecule has 1 amide bonds. The molecule has 0 atom stereocenters. The van der Waals surface area contributed by atoms with Gasteiger partial charge in [0, 0.05) is 49.1 Å². The normalized spacial score (nSPS) is 15.3. The number of carbonyl (C=O) groups is 1. The van der Waals surface area contributed by atoms with Crippen molar-refractivity contribution in [3.05, 3.63) is 60.6 Å². The Labute approximate surface area is 145 Å². The third-order valence-corrected chi connectivity index (χ3v) is 4.45. The van der Waals surface area contributed by atoms with E-state index in [0.29, 0.717) is 24.5 Å². The molecule has 1 aliphatic heterocycles. The van der Waals surface area contributed by atoms with E-state index < -0.39 is 0 Å². The van der Waals surface area contributed by atoms with Crippen molar-refractivity contribution in [2.75, 3.05) is 13.1 Å². The molecule has 0 N–H and O–H groups in total. The maximum atomic E-state index is 12.5. The van der Waals surface area contributed by atoms with E-state index in [2.05, 4.69) is 15.2 Å². The van der Waals surface area contributed by atoms with Crippen molar-refractivity contribution in [2.45, 2.75) is 18.9 Å². The lowest BCUT2D eigenvalue weighted by atomic mass is 10.1. The first-order chi connectivity index (χ1) is 12.3. The van der Waals surface area contributed by atoms with Crippen molar-refractivity contribution in [1.82, 2.24) is 20.1 Å². The van der Waals surface area contributed by atoms with Gasteiger partial charge in [0.05, 0.1) is 11.8 Å². The van der Waals surface area contributed by atoms with Gasteiger partial charge in [-0.25, -0.2) is 0 Å². The fourth-order valence-corrected chi connectivity index (χ4v) is 3.10. The second-order valence-electron chi connectivity index (χ2n) is 6.09. The first-order valence-electron chi connectivity index (χ1n) is 8.37. The van der Waals surface area contributed by atoms with Gasteiger partial charge in [0.2, 0.25) is 5.88 Å². The maximum absolute atomic E-state index is 12.5. The molecule has 0 spiro atoms. The van der Waals surface area contributed by atoms with Crippen LogP contribution in [0, 0.1) is 0 Å². The summed E-state index contributed by atoms with van der Waals surface area (Å²) in [5.41, 5.74) is 0.627. The number of rotatable bonds is 3. The highest BCUT2D eigenvalue weighted by molar-refractivity contribution is 5.93. The molecule has 0 saturated carbocycles. The molecule has 1 aliphatic rings. The minimum Gasteiger partial charge on any atom is -0.473 e. The van der Waals surface area contributed by atoms with Gasteiger partial charge in [0.15, 0.2) is 0 Å². The van der Waals surface area contributed by atoms with Gasteiger partial charge < -0.3 is 9.64 Å². The molecule has 6 heteroatoms. The van der Waals surface area contributed by atoms with Crippen molar-refractivity contribution >= 4 is 16.7 Å². The Hall–Kier alpha value is -3.02. The van der Waals surface area contributed by atoms with E-state index >= 15 is 0 Å². The summed E-state index contributed by atoms with van der Waals surface area (Å²) in [6, 6.07) is 11.5. The summed E-state index contributed by atoms with van der Waals surface area (Å²) in [5.74, 6) is 0.589. The van der Waals surface area contributed by atoms with Crippen molar-refractivity contribution in [3.8, 4) is 5.88 Å². The average molecular weight is 334 g/mol. The zero-order valence-electron chi connectivity index (χ0n) is 13.7. The van der Waals surface area contributed by atoms with Crippen LogP contribution in [0.3, 0.4) is 0 Å². The van der Waals surface area contributed by atoms with Gasteiger partial charge in [-0.1, -0.05) is 18.2 Å². The number of piperidine rings is 1. The molecule has 0 bridgehead atoms. The van der Waals surface area contributed by atoms with Crippen LogP contribution in [0.15, 0.2) is 55.0 Å². The van der Waals surface area contributed by atoms with Crippen LogP contribution in [0.1, 0.15) is 23.2 Å². The molecule has 126 valence electrons. The van der Waals surface area contributed by atoms with E-state index in [-0.39, 0.29) is 12.0 Å². The molecule has 3 aromatic rings. The summed E-state index contributed by atoms with van der Waals surface area (Å²) in [5, 5.41) is 10.1. The van der Waals surface area contributed by atoms with E-state index in [1.54, 1.807) is 30.7 Å². The number of likely N-dealkylation sites (tertiary alicyclic amines) is 1. The monoisotopic (exact) mass is 334 g/mol. The molecule has 0 aliphatic carbocycles.